The van der Waals surface area contributed by atoms with Gasteiger partial charge in [-0.05, 0) is 29.8 Å². The Morgan fingerprint density at radius 3 is 2.53 bits per heavy atom. The van der Waals surface area contributed by atoms with Crippen LogP contribution in [0.3, 0.4) is 0 Å². The van der Waals surface area contributed by atoms with Crippen LogP contribution in [0.1, 0.15) is 11.3 Å². The van der Waals surface area contributed by atoms with E-state index >= 15 is 0 Å². The van der Waals surface area contributed by atoms with E-state index in [4.69, 9.17) is 14.9 Å². The second-order valence-corrected chi connectivity index (χ2v) is 3.22. The van der Waals surface area contributed by atoms with Crippen LogP contribution in [0.5, 0.6) is 5.75 Å². The first-order chi connectivity index (χ1) is 7.38. The first kappa shape index (κ1) is 9.80. The molecule has 2 rings (SSSR count). The lowest BCUT2D eigenvalue weighted by Gasteiger charge is -2.04. The molecule has 0 fully saturated rings. The van der Waals surface area contributed by atoms with Crippen molar-refractivity contribution in [2.45, 2.75) is 13.2 Å². The lowest BCUT2D eigenvalue weighted by atomic mass is 10.2. The molecule has 1 heterocycles. The van der Waals surface area contributed by atoms with E-state index in [1.807, 2.05) is 36.4 Å². The SMILES string of the molecule is NCc1ccc(OCc2ccco2)cc1. The molecule has 0 unspecified atom stereocenters. The molecule has 0 atom stereocenters. The molecule has 0 aliphatic heterocycles. The van der Waals surface area contributed by atoms with Crippen molar-refractivity contribution in [2.75, 3.05) is 0 Å². The molecule has 15 heavy (non-hydrogen) atoms. The van der Waals surface area contributed by atoms with Gasteiger partial charge in [-0.2, -0.15) is 0 Å². The summed E-state index contributed by atoms with van der Waals surface area (Å²) in [5.74, 6) is 1.64. The fourth-order valence-corrected chi connectivity index (χ4v) is 1.27. The maximum absolute atomic E-state index is 5.52. The van der Waals surface area contributed by atoms with Crippen molar-refractivity contribution < 1.29 is 9.15 Å². The van der Waals surface area contributed by atoms with Gasteiger partial charge in [-0.3, -0.25) is 0 Å². The summed E-state index contributed by atoms with van der Waals surface area (Å²) in [5, 5.41) is 0. The van der Waals surface area contributed by atoms with Crippen LogP contribution in [0.15, 0.2) is 47.1 Å². The number of furan rings is 1. The highest BCUT2D eigenvalue weighted by Crippen LogP contribution is 2.13. The third-order valence-corrected chi connectivity index (χ3v) is 2.12. The average Bonchev–Trinajstić information content (AvgIpc) is 2.80. The minimum atomic E-state index is 0.453. The summed E-state index contributed by atoms with van der Waals surface area (Å²) < 4.78 is 10.7. The predicted octanol–water partition coefficient (Wildman–Crippen LogP) is 2.32. The zero-order valence-corrected chi connectivity index (χ0v) is 8.35. The molecule has 0 radical (unpaired) electrons. The number of rotatable bonds is 4. The van der Waals surface area contributed by atoms with Crippen LogP contribution < -0.4 is 10.5 Å². The van der Waals surface area contributed by atoms with Crippen LogP contribution in [0.2, 0.25) is 0 Å². The predicted molar refractivity (Wildman–Crippen MR) is 57.4 cm³/mol. The van der Waals surface area contributed by atoms with Crippen molar-refractivity contribution in [2.24, 2.45) is 5.73 Å². The van der Waals surface area contributed by atoms with Crippen molar-refractivity contribution in [3.63, 3.8) is 0 Å². The van der Waals surface area contributed by atoms with Crippen molar-refractivity contribution in [1.82, 2.24) is 0 Å². The van der Waals surface area contributed by atoms with Gasteiger partial charge in [0.05, 0.1) is 6.26 Å². The molecule has 3 nitrogen and oxygen atoms in total. The van der Waals surface area contributed by atoms with Crippen LogP contribution in [0.4, 0.5) is 0 Å². The molecule has 1 aromatic carbocycles. The summed E-state index contributed by atoms with van der Waals surface area (Å²) in [6.45, 7) is 1.01. The van der Waals surface area contributed by atoms with Gasteiger partial charge in [-0.15, -0.1) is 0 Å². The van der Waals surface area contributed by atoms with Crippen molar-refractivity contribution in [1.29, 1.82) is 0 Å². The Morgan fingerprint density at radius 2 is 1.93 bits per heavy atom. The number of hydrogen-bond donors (Lipinski definition) is 1. The summed E-state index contributed by atoms with van der Waals surface area (Å²) >= 11 is 0. The van der Waals surface area contributed by atoms with Crippen molar-refractivity contribution >= 4 is 0 Å². The molecular formula is C12H13NO2. The maximum atomic E-state index is 5.52. The average molecular weight is 203 g/mol. The van der Waals surface area contributed by atoms with Gasteiger partial charge in [0, 0.05) is 6.54 Å². The quantitative estimate of drug-likeness (QED) is 0.829. The van der Waals surface area contributed by atoms with E-state index in [1.165, 1.54) is 0 Å². The fraction of sp³-hybridized carbons (Fsp3) is 0.167. The number of nitrogens with two attached hydrogens (primary N) is 1. The number of hydrogen-bond acceptors (Lipinski definition) is 3. The zero-order valence-electron chi connectivity index (χ0n) is 8.35. The highest BCUT2D eigenvalue weighted by molar-refractivity contribution is 5.27. The van der Waals surface area contributed by atoms with E-state index < -0.39 is 0 Å². The summed E-state index contributed by atoms with van der Waals surface area (Å²) in [6, 6.07) is 11.5. The standard InChI is InChI=1S/C12H13NO2/c13-8-10-3-5-11(6-4-10)15-9-12-2-1-7-14-12/h1-7H,8-9,13H2. The van der Waals surface area contributed by atoms with Crippen LogP contribution >= 0.6 is 0 Å². The molecule has 0 spiro atoms. The van der Waals surface area contributed by atoms with Gasteiger partial charge in [0.25, 0.3) is 0 Å². The van der Waals surface area contributed by atoms with Gasteiger partial charge < -0.3 is 14.9 Å². The molecule has 0 amide bonds. The monoisotopic (exact) mass is 203 g/mol. The van der Waals surface area contributed by atoms with Gasteiger partial charge in [-0.25, -0.2) is 0 Å². The lowest BCUT2D eigenvalue weighted by Crippen LogP contribution is -1.97. The van der Waals surface area contributed by atoms with E-state index in [-0.39, 0.29) is 0 Å². The highest BCUT2D eigenvalue weighted by atomic mass is 16.5. The Bertz CT molecular complexity index is 392. The molecule has 0 bridgehead atoms. The Kier molecular flexibility index (Phi) is 3.05. The number of benzene rings is 1. The van der Waals surface area contributed by atoms with Gasteiger partial charge in [0.1, 0.15) is 18.1 Å². The third-order valence-electron chi connectivity index (χ3n) is 2.12. The van der Waals surface area contributed by atoms with Crippen molar-refractivity contribution in [3.05, 3.63) is 54.0 Å². The molecular weight excluding hydrogens is 190 g/mol. The zero-order chi connectivity index (χ0) is 10.5. The molecule has 0 aliphatic carbocycles. The second-order valence-electron chi connectivity index (χ2n) is 3.22. The summed E-state index contributed by atoms with van der Waals surface area (Å²) in [4.78, 5) is 0. The smallest absolute Gasteiger partial charge is 0.146 e. The Balaban J connectivity index is 1.93. The van der Waals surface area contributed by atoms with Gasteiger partial charge in [0.2, 0.25) is 0 Å². The minimum absolute atomic E-state index is 0.453. The first-order valence-electron chi connectivity index (χ1n) is 4.82. The molecule has 2 aromatic rings. The van der Waals surface area contributed by atoms with Gasteiger partial charge in [0.15, 0.2) is 0 Å². The summed E-state index contributed by atoms with van der Waals surface area (Å²) in [6.07, 6.45) is 1.64. The van der Waals surface area contributed by atoms with E-state index in [2.05, 4.69) is 0 Å². The Hall–Kier alpha value is -1.74. The summed E-state index contributed by atoms with van der Waals surface area (Å²) in [7, 11) is 0. The Morgan fingerprint density at radius 1 is 1.13 bits per heavy atom. The Labute approximate surface area is 88.5 Å². The van der Waals surface area contributed by atoms with Gasteiger partial charge >= 0.3 is 0 Å². The third kappa shape index (κ3) is 2.60. The van der Waals surface area contributed by atoms with E-state index in [0.29, 0.717) is 13.2 Å². The topological polar surface area (TPSA) is 48.4 Å². The van der Waals surface area contributed by atoms with Crippen LogP contribution in [-0.2, 0) is 13.2 Å². The molecule has 3 heteroatoms. The van der Waals surface area contributed by atoms with Crippen LogP contribution in [0, 0.1) is 0 Å². The van der Waals surface area contributed by atoms with E-state index in [0.717, 1.165) is 17.1 Å². The molecule has 78 valence electrons. The molecule has 0 aliphatic rings. The van der Waals surface area contributed by atoms with Crippen LogP contribution in [-0.4, -0.2) is 0 Å². The number of ether oxygens (including phenoxy) is 1. The van der Waals surface area contributed by atoms with Crippen molar-refractivity contribution in [3.8, 4) is 5.75 Å². The molecule has 0 saturated heterocycles. The lowest BCUT2D eigenvalue weighted by molar-refractivity contribution is 0.270. The highest BCUT2D eigenvalue weighted by Gasteiger charge is 1.97. The van der Waals surface area contributed by atoms with E-state index in [9.17, 15) is 0 Å². The second kappa shape index (κ2) is 4.66. The molecule has 2 N–H and O–H groups in total. The van der Waals surface area contributed by atoms with Crippen LogP contribution in [0.25, 0.3) is 0 Å². The maximum Gasteiger partial charge on any atom is 0.146 e. The largest absolute Gasteiger partial charge is 0.486 e. The fourth-order valence-electron chi connectivity index (χ4n) is 1.27. The molecule has 1 aromatic heterocycles. The van der Waals surface area contributed by atoms with E-state index in [1.54, 1.807) is 6.26 Å². The first-order valence-corrected chi connectivity index (χ1v) is 4.82. The summed E-state index contributed by atoms with van der Waals surface area (Å²) in [5.41, 5.74) is 6.59. The normalized spacial score (nSPS) is 10.2. The van der Waals surface area contributed by atoms with Gasteiger partial charge in [-0.1, -0.05) is 12.1 Å². The molecule has 0 saturated carbocycles. The minimum Gasteiger partial charge on any atom is -0.486 e.